The van der Waals surface area contributed by atoms with Gasteiger partial charge in [-0.3, -0.25) is 0 Å². The molecule has 0 spiro atoms. The molecule has 2 heteroatoms. The Morgan fingerprint density at radius 1 is 1.04 bits per heavy atom. The summed E-state index contributed by atoms with van der Waals surface area (Å²) in [6.07, 6.45) is 1.31. The van der Waals surface area contributed by atoms with Gasteiger partial charge in [0.25, 0.3) is 0 Å². The van der Waals surface area contributed by atoms with Gasteiger partial charge in [0.1, 0.15) is 5.75 Å². The maximum atomic E-state index is 5.29. The van der Waals surface area contributed by atoms with Crippen molar-refractivity contribution >= 4 is 0 Å². The fourth-order valence-electron chi connectivity index (χ4n) is 2.94. The van der Waals surface area contributed by atoms with Crippen LogP contribution in [0.3, 0.4) is 0 Å². The van der Waals surface area contributed by atoms with Crippen molar-refractivity contribution in [2.75, 3.05) is 13.7 Å². The van der Waals surface area contributed by atoms with E-state index in [1.165, 1.54) is 17.5 Å². The number of hydrogen-bond acceptors (Lipinski definition) is 2. The molecule has 1 N–H and O–H groups in total. The first-order valence-electron chi connectivity index (χ1n) is 7.70. The van der Waals surface area contributed by atoms with E-state index in [9.17, 15) is 0 Å². The highest BCUT2D eigenvalue weighted by Gasteiger charge is 2.37. The van der Waals surface area contributed by atoms with Crippen LogP contribution in [0.4, 0.5) is 0 Å². The molecule has 2 nitrogen and oxygen atoms in total. The fourth-order valence-corrected chi connectivity index (χ4v) is 2.94. The zero-order chi connectivity index (χ0) is 14.7. The first-order valence-corrected chi connectivity index (χ1v) is 7.70. The van der Waals surface area contributed by atoms with Crippen molar-refractivity contribution in [3.8, 4) is 5.75 Å². The highest BCUT2D eigenvalue weighted by Crippen LogP contribution is 2.47. The van der Waals surface area contributed by atoms with Gasteiger partial charge in [0.2, 0.25) is 0 Å². The second-order valence-corrected chi connectivity index (χ2v) is 5.92. The maximum Gasteiger partial charge on any atom is 0.119 e. The van der Waals surface area contributed by atoms with E-state index in [-0.39, 0.29) is 22.3 Å². The largest absolute Gasteiger partial charge is 0.497 e. The molecule has 3 unspecified atom stereocenters. The lowest BCUT2D eigenvalue weighted by molar-refractivity contribution is 0.413. The number of ether oxygens (including phenoxy) is 1. The first kappa shape index (κ1) is 22.2. The van der Waals surface area contributed by atoms with Gasteiger partial charge in [-0.25, -0.2) is 0 Å². The van der Waals surface area contributed by atoms with Crippen molar-refractivity contribution < 1.29 is 4.74 Å². The lowest BCUT2D eigenvalue weighted by atomic mass is 10.1. The molecule has 0 saturated heterocycles. The Balaban J connectivity index is 0.00000176. The third-order valence-corrected chi connectivity index (χ3v) is 4.43. The summed E-state index contributed by atoms with van der Waals surface area (Å²) < 4.78 is 5.29. The van der Waals surface area contributed by atoms with Crippen molar-refractivity contribution in [1.82, 2.24) is 5.32 Å². The Hall–Kier alpha value is -1.80. The second-order valence-electron chi connectivity index (χ2n) is 5.92. The third-order valence-electron chi connectivity index (χ3n) is 4.43. The number of rotatable bonds is 6. The molecule has 0 aromatic heterocycles. The van der Waals surface area contributed by atoms with E-state index in [4.69, 9.17) is 4.74 Å². The predicted octanol–water partition coefficient (Wildman–Crippen LogP) is 6.06. The Labute approximate surface area is 149 Å². The molecule has 134 valence electrons. The summed E-state index contributed by atoms with van der Waals surface area (Å²) in [5.74, 6) is 2.45. The van der Waals surface area contributed by atoms with E-state index in [2.05, 4.69) is 60.8 Å². The van der Waals surface area contributed by atoms with Gasteiger partial charge in [-0.2, -0.15) is 0 Å². The average molecular weight is 330 g/mol. The summed E-state index contributed by atoms with van der Waals surface area (Å²) in [6.45, 7) is 3.30. The molecule has 0 heterocycles. The van der Waals surface area contributed by atoms with Crippen LogP contribution in [0, 0.1) is 5.92 Å². The third kappa shape index (κ3) is 5.38. The smallest absolute Gasteiger partial charge is 0.119 e. The van der Waals surface area contributed by atoms with Crippen LogP contribution in [0.25, 0.3) is 0 Å². The monoisotopic (exact) mass is 329 g/mol. The first-order chi connectivity index (χ1) is 10.3. The van der Waals surface area contributed by atoms with Crippen molar-refractivity contribution in [3.63, 3.8) is 0 Å². The van der Waals surface area contributed by atoms with Gasteiger partial charge < -0.3 is 10.1 Å². The summed E-state index contributed by atoms with van der Waals surface area (Å²) in [5, 5.41) is 3.66. The lowest BCUT2D eigenvalue weighted by Crippen LogP contribution is -2.21. The van der Waals surface area contributed by atoms with Crippen LogP contribution in [0.15, 0.2) is 54.6 Å². The van der Waals surface area contributed by atoms with Crippen molar-refractivity contribution in [2.45, 2.75) is 47.6 Å². The molecule has 0 amide bonds. The molecular weight excluding hydrogens is 294 g/mol. The molecule has 0 aliphatic heterocycles. The summed E-state index contributed by atoms with van der Waals surface area (Å²) in [4.78, 5) is 0. The van der Waals surface area contributed by atoms with Crippen molar-refractivity contribution in [1.29, 1.82) is 0 Å². The van der Waals surface area contributed by atoms with E-state index in [0.717, 1.165) is 24.1 Å². The molecule has 1 saturated carbocycles. The second kappa shape index (κ2) is 10.1. The summed E-state index contributed by atoms with van der Waals surface area (Å²) in [5.41, 5.74) is 2.77. The average Bonchev–Trinajstić information content (AvgIpc) is 3.33. The zero-order valence-electron chi connectivity index (χ0n) is 12.8. The molecule has 1 fully saturated rings. The SMILES string of the molecule is C.C.C.COc1cccc(C(C)NCC2CC2c2ccccc2)c1. The van der Waals surface area contributed by atoms with Crippen LogP contribution >= 0.6 is 0 Å². The van der Waals surface area contributed by atoms with Crippen LogP contribution in [0.5, 0.6) is 5.75 Å². The minimum absolute atomic E-state index is 0. The van der Waals surface area contributed by atoms with E-state index in [1.807, 2.05) is 6.07 Å². The summed E-state index contributed by atoms with van der Waals surface area (Å²) >= 11 is 0. The van der Waals surface area contributed by atoms with Crippen LogP contribution in [0.2, 0.25) is 0 Å². The zero-order valence-corrected chi connectivity index (χ0v) is 12.8. The molecule has 1 aliphatic carbocycles. The van der Waals surface area contributed by atoms with E-state index >= 15 is 0 Å². The van der Waals surface area contributed by atoms with Gasteiger partial charge in [0, 0.05) is 6.04 Å². The van der Waals surface area contributed by atoms with Crippen LogP contribution in [0.1, 0.15) is 58.7 Å². The molecular formula is C22H35NO. The van der Waals surface area contributed by atoms with Crippen molar-refractivity contribution in [3.05, 3.63) is 65.7 Å². The number of methoxy groups -OCH3 is 1. The van der Waals surface area contributed by atoms with Crippen molar-refractivity contribution in [2.24, 2.45) is 5.92 Å². The van der Waals surface area contributed by atoms with E-state index in [0.29, 0.717) is 6.04 Å². The molecule has 2 aromatic carbocycles. The Bertz CT molecular complexity index is 582. The highest BCUT2D eigenvalue weighted by molar-refractivity contribution is 5.30. The van der Waals surface area contributed by atoms with Crippen LogP contribution in [-0.2, 0) is 0 Å². The Kier molecular flexibility index (Phi) is 9.38. The fraction of sp³-hybridized carbons (Fsp3) is 0.455. The van der Waals surface area contributed by atoms with Gasteiger partial charge in [0.05, 0.1) is 7.11 Å². The van der Waals surface area contributed by atoms with Gasteiger partial charge >= 0.3 is 0 Å². The van der Waals surface area contributed by atoms with Gasteiger partial charge in [0.15, 0.2) is 0 Å². The minimum Gasteiger partial charge on any atom is -0.497 e. The molecule has 0 bridgehead atoms. The predicted molar refractivity (Wildman–Crippen MR) is 107 cm³/mol. The number of nitrogens with one attached hydrogen (secondary N) is 1. The summed E-state index contributed by atoms with van der Waals surface area (Å²) in [7, 11) is 1.71. The Morgan fingerprint density at radius 3 is 2.42 bits per heavy atom. The van der Waals surface area contributed by atoms with Crippen LogP contribution in [-0.4, -0.2) is 13.7 Å². The lowest BCUT2D eigenvalue weighted by Gasteiger charge is -2.15. The van der Waals surface area contributed by atoms with E-state index in [1.54, 1.807) is 7.11 Å². The molecule has 0 radical (unpaired) electrons. The van der Waals surface area contributed by atoms with E-state index < -0.39 is 0 Å². The molecule has 3 atom stereocenters. The maximum absolute atomic E-state index is 5.29. The standard InChI is InChI=1S/C19H23NO.3CH4/c1-14(16-9-6-10-18(11-16)21-2)20-13-17-12-19(17)15-7-4-3-5-8-15;;;/h3-11,14,17,19-20H,12-13H2,1-2H3;3*1H4. The number of benzene rings is 2. The van der Waals surface area contributed by atoms with Gasteiger partial charge in [-0.05, 0) is 55.0 Å². The topological polar surface area (TPSA) is 21.3 Å². The van der Waals surface area contributed by atoms with Gasteiger partial charge in [-0.15, -0.1) is 0 Å². The molecule has 1 aliphatic rings. The molecule has 3 rings (SSSR count). The molecule has 2 aromatic rings. The normalized spacial score (nSPS) is 19.1. The quantitative estimate of drug-likeness (QED) is 0.695. The Morgan fingerprint density at radius 2 is 1.75 bits per heavy atom. The summed E-state index contributed by atoms with van der Waals surface area (Å²) in [6, 6.07) is 19.5. The highest BCUT2D eigenvalue weighted by atomic mass is 16.5. The molecule has 24 heavy (non-hydrogen) atoms. The minimum atomic E-state index is 0. The van der Waals surface area contributed by atoms with Crippen LogP contribution < -0.4 is 10.1 Å². The van der Waals surface area contributed by atoms with Gasteiger partial charge in [-0.1, -0.05) is 64.7 Å². The number of hydrogen-bond donors (Lipinski definition) is 1.